The molecule has 3 rings (SSSR count). The van der Waals surface area contributed by atoms with Gasteiger partial charge in [-0.25, -0.2) is 0 Å². The Balaban J connectivity index is 1.75. The van der Waals surface area contributed by atoms with Gasteiger partial charge in [0, 0.05) is 19.5 Å². The van der Waals surface area contributed by atoms with E-state index in [0.29, 0.717) is 37.4 Å². The Hall–Kier alpha value is -3.02. The van der Waals surface area contributed by atoms with E-state index in [1.807, 2.05) is 55.5 Å². The first-order valence-corrected chi connectivity index (χ1v) is 9.31. The molecule has 0 spiro atoms. The van der Waals surface area contributed by atoms with Crippen LogP contribution in [0.15, 0.2) is 48.5 Å². The molecular weight excluding hydrogens is 356 g/mol. The van der Waals surface area contributed by atoms with E-state index in [1.165, 1.54) is 0 Å². The van der Waals surface area contributed by atoms with Gasteiger partial charge in [0.25, 0.3) is 0 Å². The van der Waals surface area contributed by atoms with Crippen LogP contribution in [0.3, 0.4) is 0 Å². The largest absolute Gasteiger partial charge is 0.493 e. The van der Waals surface area contributed by atoms with Crippen LogP contribution in [0.5, 0.6) is 11.5 Å². The normalized spacial score (nSPS) is 18.8. The minimum Gasteiger partial charge on any atom is -0.493 e. The first-order valence-electron chi connectivity index (χ1n) is 9.31. The summed E-state index contributed by atoms with van der Waals surface area (Å²) < 4.78 is 10.6. The fraction of sp³-hybridized carbons (Fsp3) is 0.364. The number of carbonyl (C=O) groups excluding carboxylic acids is 2. The van der Waals surface area contributed by atoms with Gasteiger partial charge in [-0.2, -0.15) is 0 Å². The van der Waals surface area contributed by atoms with Crippen LogP contribution >= 0.6 is 0 Å². The molecule has 148 valence electrons. The standard InChI is InChI=1S/C22H26N2O4/c1-22(21(26)23-14-16-7-5-4-6-8-16)12-11-20(25)24(22)15-17-9-10-18(27-2)19(13-17)28-3/h4-10,13H,11-12,14-15H2,1-3H3,(H,23,26)/t22-/m0/s1. The lowest BCUT2D eigenvalue weighted by molar-refractivity contribution is -0.141. The quantitative estimate of drug-likeness (QED) is 0.800. The molecule has 6 nitrogen and oxygen atoms in total. The predicted octanol–water partition coefficient (Wildman–Crippen LogP) is 2.90. The van der Waals surface area contributed by atoms with Crippen molar-refractivity contribution in [2.24, 2.45) is 0 Å². The van der Waals surface area contributed by atoms with E-state index in [9.17, 15) is 9.59 Å². The molecule has 1 aliphatic rings. The number of methoxy groups -OCH3 is 2. The van der Waals surface area contributed by atoms with Gasteiger partial charge in [-0.1, -0.05) is 36.4 Å². The molecule has 2 amide bonds. The monoisotopic (exact) mass is 382 g/mol. The van der Waals surface area contributed by atoms with Gasteiger partial charge in [-0.05, 0) is 36.6 Å². The van der Waals surface area contributed by atoms with Crippen molar-refractivity contribution in [3.63, 3.8) is 0 Å². The summed E-state index contributed by atoms with van der Waals surface area (Å²) in [7, 11) is 3.15. The summed E-state index contributed by atoms with van der Waals surface area (Å²) in [5.41, 5.74) is 1.03. The van der Waals surface area contributed by atoms with Crippen LogP contribution in [-0.2, 0) is 22.7 Å². The lowest BCUT2D eigenvalue weighted by Crippen LogP contribution is -2.53. The van der Waals surface area contributed by atoms with E-state index in [2.05, 4.69) is 5.32 Å². The van der Waals surface area contributed by atoms with Gasteiger partial charge >= 0.3 is 0 Å². The van der Waals surface area contributed by atoms with Crippen molar-refractivity contribution in [1.82, 2.24) is 10.2 Å². The third kappa shape index (κ3) is 3.96. The second-order valence-corrected chi connectivity index (χ2v) is 7.11. The van der Waals surface area contributed by atoms with Crippen molar-refractivity contribution in [3.8, 4) is 11.5 Å². The Kier molecular flexibility index (Phi) is 5.87. The third-order valence-corrected chi connectivity index (χ3v) is 5.30. The number of rotatable bonds is 7. The van der Waals surface area contributed by atoms with Crippen LogP contribution in [-0.4, -0.2) is 36.5 Å². The lowest BCUT2D eigenvalue weighted by Gasteiger charge is -2.34. The number of carbonyl (C=O) groups is 2. The number of amides is 2. The molecule has 28 heavy (non-hydrogen) atoms. The molecule has 2 aromatic rings. The molecule has 0 radical (unpaired) electrons. The van der Waals surface area contributed by atoms with Crippen molar-refractivity contribution in [1.29, 1.82) is 0 Å². The summed E-state index contributed by atoms with van der Waals surface area (Å²) in [4.78, 5) is 27.2. The van der Waals surface area contributed by atoms with Crippen molar-refractivity contribution in [2.45, 2.75) is 38.4 Å². The van der Waals surface area contributed by atoms with Gasteiger partial charge in [0.2, 0.25) is 11.8 Å². The number of nitrogens with one attached hydrogen (secondary N) is 1. The predicted molar refractivity (Wildman–Crippen MR) is 106 cm³/mol. The Bertz CT molecular complexity index is 853. The first-order chi connectivity index (χ1) is 13.5. The van der Waals surface area contributed by atoms with Gasteiger partial charge in [-0.3, -0.25) is 9.59 Å². The first kappa shape index (κ1) is 19.7. The molecule has 0 bridgehead atoms. The van der Waals surface area contributed by atoms with Crippen LogP contribution < -0.4 is 14.8 Å². The van der Waals surface area contributed by atoms with Gasteiger partial charge < -0.3 is 19.7 Å². The van der Waals surface area contributed by atoms with Gasteiger partial charge in [-0.15, -0.1) is 0 Å². The van der Waals surface area contributed by atoms with Crippen LogP contribution in [0.2, 0.25) is 0 Å². The number of nitrogens with zero attached hydrogens (tertiary/aromatic N) is 1. The SMILES string of the molecule is COc1ccc(CN2C(=O)CC[C@@]2(C)C(=O)NCc2ccccc2)cc1OC. The second-order valence-electron chi connectivity index (χ2n) is 7.11. The summed E-state index contributed by atoms with van der Waals surface area (Å²) in [5.74, 6) is 1.07. The Morgan fingerprint density at radius 2 is 1.79 bits per heavy atom. The molecule has 1 fully saturated rings. The average molecular weight is 382 g/mol. The second kappa shape index (κ2) is 8.33. The molecule has 0 aliphatic carbocycles. The molecule has 0 unspecified atom stereocenters. The molecule has 6 heteroatoms. The minimum atomic E-state index is -0.876. The highest BCUT2D eigenvalue weighted by Gasteiger charge is 2.47. The minimum absolute atomic E-state index is 0.0212. The Morgan fingerprint density at radius 3 is 2.46 bits per heavy atom. The number of ether oxygens (including phenoxy) is 2. The molecule has 1 saturated heterocycles. The maximum Gasteiger partial charge on any atom is 0.245 e. The van der Waals surface area contributed by atoms with E-state index >= 15 is 0 Å². The summed E-state index contributed by atoms with van der Waals surface area (Å²) in [6.07, 6.45) is 0.863. The number of hydrogen-bond acceptors (Lipinski definition) is 4. The number of benzene rings is 2. The molecule has 2 aromatic carbocycles. The summed E-state index contributed by atoms with van der Waals surface area (Å²) in [5, 5.41) is 2.98. The maximum absolute atomic E-state index is 13.0. The van der Waals surface area contributed by atoms with Crippen LogP contribution in [0, 0.1) is 0 Å². The molecule has 1 N–H and O–H groups in total. The zero-order valence-electron chi connectivity index (χ0n) is 16.5. The van der Waals surface area contributed by atoms with E-state index in [1.54, 1.807) is 19.1 Å². The maximum atomic E-state index is 13.0. The van der Waals surface area contributed by atoms with Crippen molar-refractivity contribution < 1.29 is 19.1 Å². The molecule has 0 aromatic heterocycles. The zero-order valence-corrected chi connectivity index (χ0v) is 16.5. The number of hydrogen-bond donors (Lipinski definition) is 1. The highest BCUT2D eigenvalue weighted by Crippen LogP contribution is 2.34. The van der Waals surface area contributed by atoms with Crippen LogP contribution in [0.25, 0.3) is 0 Å². The topological polar surface area (TPSA) is 67.9 Å². The summed E-state index contributed by atoms with van der Waals surface area (Å²) in [6.45, 7) is 2.61. The Morgan fingerprint density at radius 1 is 1.07 bits per heavy atom. The van der Waals surface area contributed by atoms with Crippen LogP contribution in [0.4, 0.5) is 0 Å². The van der Waals surface area contributed by atoms with E-state index < -0.39 is 5.54 Å². The van der Waals surface area contributed by atoms with Crippen molar-refractivity contribution in [3.05, 3.63) is 59.7 Å². The Labute approximate surface area is 165 Å². The van der Waals surface area contributed by atoms with Gasteiger partial charge in [0.15, 0.2) is 11.5 Å². The third-order valence-electron chi connectivity index (χ3n) is 5.30. The van der Waals surface area contributed by atoms with E-state index in [4.69, 9.17) is 9.47 Å². The van der Waals surface area contributed by atoms with Crippen LogP contribution in [0.1, 0.15) is 30.9 Å². The molecule has 1 heterocycles. The summed E-state index contributed by atoms with van der Waals surface area (Å²) >= 11 is 0. The highest BCUT2D eigenvalue weighted by atomic mass is 16.5. The zero-order chi connectivity index (χ0) is 20.1. The van der Waals surface area contributed by atoms with E-state index in [-0.39, 0.29) is 11.8 Å². The molecule has 1 aliphatic heterocycles. The smallest absolute Gasteiger partial charge is 0.245 e. The van der Waals surface area contributed by atoms with Crippen molar-refractivity contribution in [2.75, 3.05) is 14.2 Å². The van der Waals surface area contributed by atoms with E-state index in [0.717, 1.165) is 11.1 Å². The van der Waals surface area contributed by atoms with Gasteiger partial charge in [0.05, 0.1) is 14.2 Å². The molecule has 1 atom stereocenters. The average Bonchev–Trinajstić information content (AvgIpc) is 3.02. The fourth-order valence-corrected chi connectivity index (χ4v) is 3.52. The molecular formula is C22H26N2O4. The lowest BCUT2D eigenvalue weighted by atomic mass is 9.97. The van der Waals surface area contributed by atoms with Crippen molar-refractivity contribution >= 4 is 11.8 Å². The van der Waals surface area contributed by atoms with Gasteiger partial charge in [0.1, 0.15) is 5.54 Å². The fourth-order valence-electron chi connectivity index (χ4n) is 3.52. The summed E-state index contributed by atoms with van der Waals surface area (Å²) in [6, 6.07) is 15.3. The number of likely N-dealkylation sites (tertiary alicyclic amines) is 1. The molecule has 0 saturated carbocycles. The highest BCUT2D eigenvalue weighted by molar-refractivity contribution is 5.94.